The number of hydrogen-bond acceptors (Lipinski definition) is 3. The lowest BCUT2D eigenvalue weighted by molar-refractivity contribution is -0.140. The first-order valence-corrected chi connectivity index (χ1v) is 12.3. The molecular weight excluding hydrogens is 396 g/mol. The molecule has 0 atom stereocenters. The summed E-state index contributed by atoms with van der Waals surface area (Å²) in [5.74, 6) is 2.14. The van der Waals surface area contributed by atoms with E-state index in [1.165, 1.54) is 23.6 Å². The van der Waals surface area contributed by atoms with Gasteiger partial charge in [-0.15, -0.1) is 0 Å². The number of anilines is 2. The summed E-state index contributed by atoms with van der Waals surface area (Å²) in [6, 6.07) is 15.6. The molecule has 1 N–H and O–H groups in total. The third-order valence-electron chi connectivity index (χ3n) is 7.39. The van der Waals surface area contributed by atoms with Crippen molar-refractivity contribution in [2.24, 2.45) is 23.2 Å². The standard InChI is InChI=1S/C24H28N2O3S/c1-26(21-7-3-2-4-8-21)30(28,29)22-9-5-6-20(13-22)25-23(27)24-14-17-10-18(15-24)12-19(11-17)16-24/h2-9,13,17-19H,10-12,14-16H2,1H3,(H,25,27). The van der Waals surface area contributed by atoms with Crippen molar-refractivity contribution in [1.82, 2.24) is 0 Å². The molecule has 6 heteroatoms. The quantitative estimate of drug-likeness (QED) is 0.759. The van der Waals surface area contributed by atoms with Crippen LogP contribution in [0.25, 0.3) is 0 Å². The highest BCUT2D eigenvalue weighted by Gasteiger charge is 2.54. The van der Waals surface area contributed by atoms with Crippen LogP contribution in [0.5, 0.6) is 0 Å². The van der Waals surface area contributed by atoms with Gasteiger partial charge in [-0.2, -0.15) is 0 Å². The molecule has 1 amide bonds. The van der Waals surface area contributed by atoms with Crippen molar-refractivity contribution in [2.75, 3.05) is 16.7 Å². The first kappa shape index (κ1) is 19.6. The van der Waals surface area contributed by atoms with Gasteiger partial charge in [0, 0.05) is 12.7 Å². The molecule has 158 valence electrons. The Bertz CT molecular complexity index is 1030. The summed E-state index contributed by atoms with van der Waals surface area (Å²) in [7, 11) is -2.17. The fourth-order valence-electron chi connectivity index (χ4n) is 6.32. The van der Waals surface area contributed by atoms with Crippen LogP contribution in [0.1, 0.15) is 38.5 Å². The molecule has 0 spiro atoms. The Balaban J connectivity index is 1.37. The molecule has 0 heterocycles. The van der Waals surface area contributed by atoms with Crippen molar-refractivity contribution in [1.29, 1.82) is 0 Å². The molecule has 0 unspecified atom stereocenters. The van der Waals surface area contributed by atoms with Crippen molar-refractivity contribution in [2.45, 2.75) is 43.4 Å². The van der Waals surface area contributed by atoms with Crippen LogP contribution in [-0.2, 0) is 14.8 Å². The van der Waals surface area contributed by atoms with Crippen LogP contribution in [0.4, 0.5) is 11.4 Å². The Hall–Kier alpha value is -2.34. The SMILES string of the molecule is CN(c1ccccc1)S(=O)(=O)c1cccc(NC(=O)C23CC4CC(CC(C4)C2)C3)c1. The number of hydrogen-bond donors (Lipinski definition) is 1. The number of nitrogens with zero attached hydrogens (tertiary/aromatic N) is 1. The second-order valence-corrected chi connectivity index (χ2v) is 11.5. The number of para-hydroxylation sites is 1. The lowest BCUT2D eigenvalue weighted by Crippen LogP contribution is -2.51. The molecule has 4 aliphatic carbocycles. The molecule has 4 saturated carbocycles. The van der Waals surface area contributed by atoms with E-state index < -0.39 is 10.0 Å². The minimum absolute atomic E-state index is 0.0764. The van der Waals surface area contributed by atoms with E-state index in [1.807, 2.05) is 18.2 Å². The van der Waals surface area contributed by atoms with E-state index in [9.17, 15) is 13.2 Å². The molecule has 0 radical (unpaired) electrons. The van der Waals surface area contributed by atoms with Crippen molar-refractivity contribution < 1.29 is 13.2 Å². The molecule has 2 aromatic carbocycles. The fourth-order valence-corrected chi connectivity index (χ4v) is 7.56. The van der Waals surface area contributed by atoms with Gasteiger partial charge in [0.05, 0.1) is 16.0 Å². The number of carbonyl (C=O) groups excluding carboxylic acids is 1. The van der Waals surface area contributed by atoms with Crippen molar-refractivity contribution in [3.63, 3.8) is 0 Å². The number of carbonyl (C=O) groups is 1. The summed E-state index contributed by atoms with van der Waals surface area (Å²) in [5.41, 5.74) is 0.892. The number of amides is 1. The van der Waals surface area contributed by atoms with Gasteiger partial charge in [0.2, 0.25) is 5.91 Å². The zero-order valence-electron chi connectivity index (χ0n) is 17.3. The molecule has 0 saturated heterocycles. The predicted octanol–water partition coefficient (Wildman–Crippen LogP) is 4.67. The third-order valence-corrected chi connectivity index (χ3v) is 9.17. The van der Waals surface area contributed by atoms with Gasteiger partial charge in [-0.05, 0) is 86.6 Å². The summed E-state index contributed by atoms with van der Waals surface area (Å²) in [6.07, 6.45) is 6.81. The lowest BCUT2D eigenvalue weighted by Gasteiger charge is -2.55. The second-order valence-electron chi connectivity index (χ2n) is 9.49. The molecule has 2 aromatic rings. The number of rotatable bonds is 5. The van der Waals surface area contributed by atoms with Crippen molar-refractivity contribution >= 4 is 27.3 Å². The molecular formula is C24H28N2O3S. The average Bonchev–Trinajstić information content (AvgIpc) is 2.73. The van der Waals surface area contributed by atoms with E-state index in [-0.39, 0.29) is 16.2 Å². The van der Waals surface area contributed by atoms with Crippen LogP contribution in [-0.4, -0.2) is 21.4 Å². The van der Waals surface area contributed by atoms with Gasteiger partial charge < -0.3 is 5.32 Å². The molecule has 6 rings (SSSR count). The predicted molar refractivity (Wildman–Crippen MR) is 118 cm³/mol. The Morgan fingerprint density at radius 1 is 0.933 bits per heavy atom. The Morgan fingerprint density at radius 3 is 2.13 bits per heavy atom. The van der Waals surface area contributed by atoms with E-state index in [2.05, 4.69) is 5.32 Å². The largest absolute Gasteiger partial charge is 0.326 e. The van der Waals surface area contributed by atoms with Crippen LogP contribution >= 0.6 is 0 Å². The molecule has 0 aliphatic heterocycles. The van der Waals surface area contributed by atoms with Crippen LogP contribution in [0, 0.1) is 23.2 Å². The van der Waals surface area contributed by atoms with Crippen LogP contribution in [0.3, 0.4) is 0 Å². The number of benzene rings is 2. The Kier molecular flexibility index (Phi) is 4.65. The molecule has 30 heavy (non-hydrogen) atoms. The third kappa shape index (κ3) is 3.31. The maximum Gasteiger partial charge on any atom is 0.264 e. The first-order valence-electron chi connectivity index (χ1n) is 10.8. The fraction of sp³-hybridized carbons (Fsp3) is 0.458. The molecule has 0 aromatic heterocycles. The minimum atomic E-state index is -3.71. The maximum atomic E-state index is 13.3. The summed E-state index contributed by atoms with van der Waals surface area (Å²) in [4.78, 5) is 13.5. The normalized spacial score (nSPS) is 29.6. The van der Waals surface area contributed by atoms with Gasteiger partial charge >= 0.3 is 0 Å². The smallest absolute Gasteiger partial charge is 0.264 e. The highest BCUT2D eigenvalue weighted by atomic mass is 32.2. The number of sulfonamides is 1. The molecule has 5 nitrogen and oxygen atoms in total. The highest BCUT2D eigenvalue weighted by molar-refractivity contribution is 7.92. The maximum absolute atomic E-state index is 13.3. The van der Waals surface area contributed by atoms with E-state index in [1.54, 1.807) is 43.4 Å². The summed E-state index contributed by atoms with van der Waals surface area (Å²) in [5, 5.41) is 3.07. The Morgan fingerprint density at radius 2 is 1.53 bits per heavy atom. The van der Waals surface area contributed by atoms with E-state index in [4.69, 9.17) is 0 Å². The van der Waals surface area contributed by atoms with Gasteiger partial charge in [0.1, 0.15) is 0 Å². The number of nitrogens with one attached hydrogen (secondary N) is 1. The topological polar surface area (TPSA) is 66.5 Å². The molecule has 4 fully saturated rings. The van der Waals surface area contributed by atoms with Crippen LogP contribution in [0.15, 0.2) is 59.5 Å². The van der Waals surface area contributed by atoms with Crippen molar-refractivity contribution in [3.05, 3.63) is 54.6 Å². The van der Waals surface area contributed by atoms with Crippen molar-refractivity contribution in [3.8, 4) is 0 Å². The zero-order valence-corrected chi connectivity index (χ0v) is 18.1. The van der Waals surface area contributed by atoms with Crippen LogP contribution in [0.2, 0.25) is 0 Å². The van der Waals surface area contributed by atoms with E-state index in [0.29, 0.717) is 29.1 Å². The van der Waals surface area contributed by atoms with E-state index >= 15 is 0 Å². The van der Waals surface area contributed by atoms with Gasteiger partial charge in [-0.25, -0.2) is 8.42 Å². The minimum Gasteiger partial charge on any atom is -0.326 e. The summed E-state index contributed by atoms with van der Waals surface area (Å²) < 4.78 is 27.5. The van der Waals surface area contributed by atoms with Gasteiger partial charge in [0.15, 0.2) is 0 Å². The van der Waals surface area contributed by atoms with Gasteiger partial charge in [-0.1, -0.05) is 24.3 Å². The first-order chi connectivity index (χ1) is 14.4. The monoisotopic (exact) mass is 424 g/mol. The highest BCUT2D eigenvalue weighted by Crippen LogP contribution is 2.60. The van der Waals surface area contributed by atoms with Gasteiger partial charge in [0.25, 0.3) is 10.0 Å². The van der Waals surface area contributed by atoms with Gasteiger partial charge in [-0.3, -0.25) is 9.10 Å². The Labute approximate surface area is 178 Å². The van der Waals surface area contributed by atoms with E-state index in [0.717, 1.165) is 19.3 Å². The second kappa shape index (κ2) is 7.12. The summed E-state index contributed by atoms with van der Waals surface area (Å²) in [6.45, 7) is 0. The molecule has 4 bridgehead atoms. The zero-order chi connectivity index (χ0) is 20.9. The summed E-state index contributed by atoms with van der Waals surface area (Å²) >= 11 is 0. The molecule has 4 aliphatic rings. The van der Waals surface area contributed by atoms with Crippen LogP contribution < -0.4 is 9.62 Å². The average molecular weight is 425 g/mol. The lowest BCUT2D eigenvalue weighted by atomic mass is 9.49.